The summed E-state index contributed by atoms with van der Waals surface area (Å²) in [6.07, 6.45) is 16.7. The van der Waals surface area contributed by atoms with Gasteiger partial charge >= 0.3 is 0 Å². The molecule has 8 heteroatoms. The average Bonchev–Trinajstić information content (AvgIpc) is 3.58. The van der Waals surface area contributed by atoms with E-state index in [9.17, 15) is 4.39 Å². The van der Waals surface area contributed by atoms with Gasteiger partial charge in [-0.25, -0.2) is 14.4 Å². The van der Waals surface area contributed by atoms with Gasteiger partial charge in [-0.1, -0.05) is 6.07 Å². The Morgan fingerprint density at radius 3 is 2.71 bits per heavy atom. The molecule has 0 amide bonds. The molecule has 4 fully saturated rings. The fourth-order valence-corrected chi connectivity index (χ4v) is 6.29. The SMILES string of the molecule is FC12CC(CNCc3ccc4nc(Cn5cnc(-c6cncc(N7CCCC7)c6)c5)cn4c3)(C1)C2. The van der Waals surface area contributed by atoms with Crippen molar-refractivity contribution in [1.82, 2.24) is 29.2 Å². The average molecular weight is 472 g/mol. The highest BCUT2D eigenvalue weighted by Gasteiger charge is 2.68. The van der Waals surface area contributed by atoms with Gasteiger partial charge in [-0.2, -0.15) is 0 Å². The Morgan fingerprint density at radius 2 is 1.89 bits per heavy atom. The molecule has 2 bridgehead atoms. The van der Waals surface area contributed by atoms with E-state index in [0.29, 0.717) is 6.54 Å². The number of pyridine rings is 2. The Bertz CT molecular complexity index is 1360. The minimum Gasteiger partial charge on any atom is -0.370 e. The molecule has 180 valence electrons. The number of imidazole rings is 2. The van der Waals surface area contributed by atoms with Gasteiger partial charge in [-0.05, 0) is 55.2 Å². The highest BCUT2D eigenvalue weighted by Crippen LogP contribution is 2.69. The minimum atomic E-state index is -0.821. The van der Waals surface area contributed by atoms with Crippen LogP contribution in [0.25, 0.3) is 16.9 Å². The number of anilines is 1. The Labute approximate surface area is 204 Å². The van der Waals surface area contributed by atoms with Crippen molar-refractivity contribution in [2.24, 2.45) is 5.41 Å². The molecule has 0 unspecified atom stereocenters. The monoisotopic (exact) mass is 471 g/mol. The summed E-state index contributed by atoms with van der Waals surface area (Å²) in [4.78, 5) is 16.3. The summed E-state index contributed by atoms with van der Waals surface area (Å²) in [5.41, 5.74) is 5.69. The van der Waals surface area contributed by atoms with Crippen molar-refractivity contribution in [1.29, 1.82) is 0 Å². The Balaban J connectivity index is 1.01. The van der Waals surface area contributed by atoms with Gasteiger partial charge in [0.1, 0.15) is 11.3 Å². The van der Waals surface area contributed by atoms with Crippen LogP contribution in [0.5, 0.6) is 0 Å². The van der Waals surface area contributed by atoms with E-state index in [4.69, 9.17) is 4.98 Å². The number of fused-ring (bicyclic) bond motifs is 1. The standard InChI is InChI=1S/C27H30FN7/c28-27-15-26(16-27,17-27)18-30-8-20-3-4-25-32-22(13-35(25)11-20)12-33-14-24(31-19-33)21-7-23(10-29-9-21)34-5-1-2-6-34/h3-4,7,9-11,13-14,19,30H,1-2,5-6,8,12,15-18H2. The van der Waals surface area contributed by atoms with Crippen molar-refractivity contribution in [3.8, 4) is 11.3 Å². The zero-order valence-electron chi connectivity index (χ0n) is 19.8. The van der Waals surface area contributed by atoms with Crippen LogP contribution in [0.2, 0.25) is 0 Å². The van der Waals surface area contributed by atoms with Crippen molar-refractivity contribution in [2.45, 2.75) is 50.9 Å². The third-order valence-electron chi connectivity index (χ3n) is 7.94. The maximum Gasteiger partial charge on any atom is 0.137 e. The molecule has 7 nitrogen and oxygen atoms in total. The molecule has 4 aromatic heterocycles. The number of halogens is 1. The first-order valence-electron chi connectivity index (χ1n) is 12.6. The molecule has 3 saturated carbocycles. The number of hydrogen-bond donors (Lipinski definition) is 1. The third kappa shape index (κ3) is 3.89. The van der Waals surface area contributed by atoms with E-state index < -0.39 is 5.67 Å². The fraction of sp³-hybridized carbons (Fsp3) is 0.444. The van der Waals surface area contributed by atoms with Crippen molar-refractivity contribution in [2.75, 3.05) is 24.5 Å². The van der Waals surface area contributed by atoms with Crippen LogP contribution in [0.3, 0.4) is 0 Å². The van der Waals surface area contributed by atoms with E-state index in [1.165, 1.54) is 24.1 Å². The third-order valence-corrected chi connectivity index (χ3v) is 7.94. The van der Waals surface area contributed by atoms with Gasteiger partial charge in [0.05, 0.1) is 36.1 Å². The molecular formula is C27H30FN7. The molecule has 0 atom stereocenters. The van der Waals surface area contributed by atoms with Crippen LogP contribution in [0, 0.1) is 5.41 Å². The first-order valence-corrected chi connectivity index (χ1v) is 12.6. The summed E-state index contributed by atoms with van der Waals surface area (Å²) in [5, 5.41) is 3.53. The van der Waals surface area contributed by atoms with Gasteiger partial charge in [-0.15, -0.1) is 0 Å². The van der Waals surface area contributed by atoms with E-state index in [1.807, 2.05) is 18.7 Å². The molecule has 1 saturated heterocycles. The second kappa shape index (κ2) is 7.88. The molecule has 1 N–H and O–H groups in total. The largest absolute Gasteiger partial charge is 0.370 e. The maximum absolute atomic E-state index is 13.7. The van der Waals surface area contributed by atoms with Gasteiger partial charge in [0, 0.05) is 56.5 Å². The number of aromatic nitrogens is 5. The highest BCUT2D eigenvalue weighted by molar-refractivity contribution is 5.63. The molecule has 8 rings (SSSR count). The number of rotatable bonds is 8. The van der Waals surface area contributed by atoms with E-state index >= 15 is 0 Å². The summed E-state index contributed by atoms with van der Waals surface area (Å²) in [6, 6.07) is 6.37. The van der Waals surface area contributed by atoms with Crippen LogP contribution in [0.15, 0.2) is 55.5 Å². The van der Waals surface area contributed by atoms with Crippen LogP contribution in [-0.2, 0) is 13.1 Å². The lowest BCUT2D eigenvalue weighted by Crippen LogP contribution is -2.67. The van der Waals surface area contributed by atoms with E-state index in [1.54, 1.807) is 0 Å². The summed E-state index contributed by atoms with van der Waals surface area (Å²) < 4.78 is 17.9. The lowest BCUT2D eigenvalue weighted by Gasteiger charge is -2.66. The smallest absolute Gasteiger partial charge is 0.137 e. The number of hydrogen-bond acceptors (Lipinski definition) is 5. The molecule has 35 heavy (non-hydrogen) atoms. The van der Waals surface area contributed by atoms with Crippen molar-refractivity contribution < 1.29 is 4.39 Å². The van der Waals surface area contributed by atoms with E-state index in [0.717, 1.165) is 68.0 Å². The lowest BCUT2D eigenvalue weighted by atomic mass is 9.42. The van der Waals surface area contributed by atoms with Crippen LogP contribution in [0.4, 0.5) is 10.1 Å². The first kappa shape index (κ1) is 21.1. The second-order valence-corrected chi connectivity index (χ2v) is 10.9. The molecule has 3 aliphatic carbocycles. The normalized spacial score (nSPS) is 25.1. The summed E-state index contributed by atoms with van der Waals surface area (Å²) in [5.74, 6) is 0. The number of alkyl halides is 1. The predicted molar refractivity (Wildman–Crippen MR) is 133 cm³/mol. The molecule has 4 aliphatic rings. The molecular weight excluding hydrogens is 441 g/mol. The predicted octanol–water partition coefficient (Wildman–Crippen LogP) is 4.22. The Kier molecular flexibility index (Phi) is 4.74. The van der Waals surface area contributed by atoms with Gasteiger partial charge in [0.25, 0.3) is 0 Å². The zero-order valence-corrected chi connectivity index (χ0v) is 19.8. The van der Waals surface area contributed by atoms with Gasteiger partial charge < -0.3 is 19.2 Å². The second-order valence-electron chi connectivity index (χ2n) is 10.9. The molecule has 1 aliphatic heterocycles. The molecule has 0 aromatic carbocycles. The molecule has 5 heterocycles. The fourth-order valence-electron chi connectivity index (χ4n) is 6.29. The molecule has 0 spiro atoms. The first-order chi connectivity index (χ1) is 17.0. The number of nitrogens with zero attached hydrogens (tertiary/aromatic N) is 6. The van der Waals surface area contributed by atoms with Crippen LogP contribution >= 0.6 is 0 Å². The van der Waals surface area contributed by atoms with Crippen LogP contribution in [-0.4, -0.2) is 49.2 Å². The van der Waals surface area contributed by atoms with E-state index in [-0.39, 0.29) is 5.41 Å². The zero-order chi connectivity index (χ0) is 23.5. The quantitative estimate of drug-likeness (QED) is 0.417. The minimum absolute atomic E-state index is 0.232. The van der Waals surface area contributed by atoms with Crippen LogP contribution < -0.4 is 10.2 Å². The van der Waals surface area contributed by atoms with Gasteiger partial charge in [-0.3, -0.25) is 4.98 Å². The maximum atomic E-state index is 13.7. The summed E-state index contributed by atoms with van der Waals surface area (Å²) in [6.45, 7) is 4.57. The number of nitrogens with one attached hydrogen (secondary N) is 1. The topological polar surface area (TPSA) is 63.3 Å². The Morgan fingerprint density at radius 1 is 1.03 bits per heavy atom. The lowest BCUT2D eigenvalue weighted by molar-refractivity contribution is -0.209. The highest BCUT2D eigenvalue weighted by atomic mass is 19.1. The molecule has 0 radical (unpaired) electrons. The summed E-state index contributed by atoms with van der Waals surface area (Å²) >= 11 is 0. The van der Waals surface area contributed by atoms with Gasteiger partial charge in [0.15, 0.2) is 0 Å². The van der Waals surface area contributed by atoms with Crippen LogP contribution in [0.1, 0.15) is 43.4 Å². The van der Waals surface area contributed by atoms with Crippen molar-refractivity contribution in [3.05, 3.63) is 66.8 Å². The van der Waals surface area contributed by atoms with Crippen molar-refractivity contribution >= 4 is 11.3 Å². The van der Waals surface area contributed by atoms with Gasteiger partial charge in [0.2, 0.25) is 0 Å². The summed E-state index contributed by atoms with van der Waals surface area (Å²) in [7, 11) is 0. The Hall–Kier alpha value is -3.26. The van der Waals surface area contributed by atoms with E-state index in [2.05, 4.69) is 65.9 Å². The molecule has 4 aromatic rings. The van der Waals surface area contributed by atoms with Crippen molar-refractivity contribution in [3.63, 3.8) is 0 Å².